The Morgan fingerprint density at radius 3 is 2.39 bits per heavy atom. The van der Waals surface area contributed by atoms with Crippen LogP contribution < -0.4 is 5.73 Å². The highest BCUT2D eigenvalue weighted by atomic mass is 16.5. The molecule has 0 amide bonds. The van der Waals surface area contributed by atoms with Crippen molar-refractivity contribution in [1.29, 1.82) is 0 Å². The van der Waals surface area contributed by atoms with Crippen LogP contribution in [-0.4, -0.2) is 23.7 Å². The monoisotopic (exact) mass is 251 g/mol. The van der Waals surface area contributed by atoms with Crippen LogP contribution in [-0.2, 0) is 14.3 Å². The molecule has 5 nitrogen and oxygen atoms in total. The summed E-state index contributed by atoms with van der Waals surface area (Å²) in [6.45, 7) is 2.01. The van der Waals surface area contributed by atoms with Gasteiger partial charge in [-0.3, -0.25) is 9.59 Å². The number of carboxylic acids is 1. The number of carbonyl (C=O) groups is 2. The molecule has 0 aliphatic carbocycles. The summed E-state index contributed by atoms with van der Waals surface area (Å²) in [6, 6.07) is 6.86. The van der Waals surface area contributed by atoms with Crippen molar-refractivity contribution in [3.63, 3.8) is 0 Å². The fourth-order valence-electron chi connectivity index (χ4n) is 1.71. The number of benzene rings is 1. The number of ether oxygens (including phenoxy) is 1. The van der Waals surface area contributed by atoms with E-state index in [1.54, 1.807) is 31.2 Å². The zero-order valence-electron chi connectivity index (χ0n) is 10.3. The van der Waals surface area contributed by atoms with Gasteiger partial charge in [0.05, 0.1) is 19.4 Å². The molecule has 0 aliphatic heterocycles. The third-order valence-corrected chi connectivity index (χ3v) is 2.55. The van der Waals surface area contributed by atoms with Crippen LogP contribution in [0.4, 0.5) is 5.69 Å². The first-order valence-corrected chi connectivity index (χ1v) is 5.75. The minimum Gasteiger partial charge on any atom is -0.481 e. The highest BCUT2D eigenvalue weighted by Crippen LogP contribution is 2.25. The molecule has 1 aromatic rings. The Balaban J connectivity index is 2.80. The molecule has 1 atom stereocenters. The van der Waals surface area contributed by atoms with E-state index in [1.807, 2.05) is 0 Å². The van der Waals surface area contributed by atoms with Crippen molar-refractivity contribution >= 4 is 17.6 Å². The Labute approximate surface area is 106 Å². The van der Waals surface area contributed by atoms with Gasteiger partial charge >= 0.3 is 11.9 Å². The molecule has 18 heavy (non-hydrogen) atoms. The van der Waals surface area contributed by atoms with E-state index >= 15 is 0 Å². The second kappa shape index (κ2) is 6.64. The smallest absolute Gasteiger partial charge is 0.306 e. The second-order valence-corrected chi connectivity index (χ2v) is 3.97. The first-order valence-electron chi connectivity index (χ1n) is 5.75. The average molecular weight is 251 g/mol. The van der Waals surface area contributed by atoms with Gasteiger partial charge in [-0.2, -0.15) is 0 Å². The Bertz CT molecular complexity index is 414. The summed E-state index contributed by atoms with van der Waals surface area (Å²) in [5.41, 5.74) is 6.95. The fourth-order valence-corrected chi connectivity index (χ4v) is 1.71. The highest BCUT2D eigenvalue weighted by Gasteiger charge is 2.19. The molecule has 1 unspecified atom stereocenters. The van der Waals surface area contributed by atoms with Crippen molar-refractivity contribution in [3.05, 3.63) is 29.8 Å². The predicted molar refractivity (Wildman–Crippen MR) is 67.1 cm³/mol. The quantitative estimate of drug-likeness (QED) is 0.594. The van der Waals surface area contributed by atoms with E-state index in [9.17, 15) is 9.59 Å². The largest absolute Gasteiger partial charge is 0.481 e. The second-order valence-electron chi connectivity index (χ2n) is 3.97. The van der Waals surface area contributed by atoms with Gasteiger partial charge in [-0.15, -0.1) is 0 Å². The maximum Gasteiger partial charge on any atom is 0.306 e. The van der Waals surface area contributed by atoms with Gasteiger partial charge in [-0.25, -0.2) is 0 Å². The van der Waals surface area contributed by atoms with Gasteiger partial charge < -0.3 is 15.6 Å². The SMILES string of the molecule is CCOC(=O)CC(CC(=O)O)c1ccc(N)cc1. The Morgan fingerprint density at radius 2 is 1.89 bits per heavy atom. The highest BCUT2D eigenvalue weighted by molar-refractivity contribution is 5.73. The zero-order chi connectivity index (χ0) is 13.5. The first kappa shape index (κ1) is 14.0. The number of aliphatic carboxylic acids is 1. The summed E-state index contributed by atoms with van der Waals surface area (Å²) >= 11 is 0. The Morgan fingerprint density at radius 1 is 1.28 bits per heavy atom. The molecule has 0 bridgehead atoms. The number of hydrogen-bond donors (Lipinski definition) is 2. The number of carboxylic acid groups (broad SMARTS) is 1. The van der Waals surface area contributed by atoms with Crippen LogP contribution in [0.2, 0.25) is 0 Å². The molecular formula is C13H17NO4. The molecule has 0 aliphatic rings. The van der Waals surface area contributed by atoms with Crippen molar-refractivity contribution in [2.24, 2.45) is 0 Å². The van der Waals surface area contributed by atoms with Crippen LogP contribution in [0.1, 0.15) is 31.2 Å². The van der Waals surface area contributed by atoms with Gasteiger partial charge in [0.1, 0.15) is 0 Å². The van der Waals surface area contributed by atoms with Crippen molar-refractivity contribution in [2.45, 2.75) is 25.7 Å². The summed E-state index contributed by atoms with van der Waals surface area (Å²) in [7, 11) is 0. The molecule has 3 N–H and O–H groups in total. The third kappa shape index (κ3) is 4.45. The fraction of sp³-hybridized carbons (Fsp3) is 0.385. The normalized spacial score (nSPS) is 11.8. The molecule has 1 aromatic carbocycles. The molecule has 0 radical (unpaired) electrons. The van der Waals surface area contributed by atoms with E-state index in [-0.39, 0.29) is 24.7 Å². The summed E-state index contributed by atoms with van der Waals surface area (Å²) in [5, 5.41) is 8.87. The lowest BCUT2D eigenvalue weighted by Crippen LogP contribution is -2.13. The topological polar surface area (TPSA) is 89.6 Å². The molecule has 0 saturated heterocycles. The molecule has 5 heteroatoms. The van der Waals surface area contributed by atoms with Gasteiger partial charge in [0.25, 0.3) is 0 Å². The van der Waals surface area contributed by atoms with Gasteiger partial charge in [0.2, 0.25) is 0 Å². The van der Waals surface area contributed by atoms with Crippen LogP contribution in [0.25, 0.3) is 0 Å². The number of nitrogen functional groups attached to an aromatic ring is 1. The summed E-state index contributed by atoms with van der Waals surface area (Å²) in [4.78, 5) is 22.2. The van der Waals surface area contributed by atoms with E-state index in [2.05, 4.69) is 0 Å². The van der Waals surface area contributed by atoms with Crippen LogP contribution in [0.3, 0.4) is 0 Å². The lowest BCUT2D eigenvalue weighted by Gasteiger charge is -2.14. The van der Waals surface area contributed by atoms with Crippen molar-refractivity contribution in [3.8, 4) is 0 Å². The number of carbonyl (C=O) groups excluding carboxylic acids is 1. The maximum absolute atomic E-state index is 11.4. The molecule has 0 heterocycles. The molecular weight excluding hydrogens is 234 g/mol. The number of esters is 1. The van der Waals surface area contributed by atoms with E-state index in [0.29, 0.717) is 12.3 Å². The van der Waals surface area contributed by atoms with E-state index in [1.165, 1.54) is 0 Å². The standard InChI is InChI=1S/C13H17NO4/c1-2-18-13(17)8-10(7-12(15)16)9-3-5-11(14)6-4-9/h3-6,10H,2,7-8,14H2,1H3,(H,15,16). The molecule has 98 valence electrons. The van der Waals surface area contributed by atoms with Crippen molar-refractivity contribution < 1.29 is 19.4 Å². The number of rotatable bonds is 6. The van der Waals surface area contributed by atoms with E-state index in [4.69, 9.17) is 15.6 Å². The van der Waals surface area contributed by atoms with Gasteiger partial charge in [-0.05, 0) is 24.6 Å². The Kier molecular flexibility index (Phi) is 5.17. The van der Waals surface area contributed by atoms with Gasteiger partial charge in [-0.1, -0.05) is 12.1 Å². The number of nitrogens with two attached hydrogens (primary N) is 1. The van der Waals surface area contributed by atoms with Crippen LogP contribution in [0.5, 0.6) is 0 Å². The molecule has 0 spiro atoms. The minimum atomic E-state index is -0.943. The summed E-state index contributed by atoms with van der Waals surface area (Å²) in [6.07, 6.45) is -0.0488. The number of anilines is 1. The molecule has 0 fully saturated rings. The summed E-state index contributed by atoms with van der Waals surface area (Å²) in [5.74, 6) is -1.72. The predicted octanol–water partition coefficient (Wildman–Crippen LogP) is 1.78. The molecule has 0 aromatic heterocycles. The summed E-state index contributed by atoms with van der Waals surface area (Å²) < 4.78 is 4.84. The minimum absolute atomic E-state index is 0.0596. The molecule has 1 rings (SSSR count). The molecule has 0 saturated carbocycles. The number of hydrogen-bond acceptors (Lipinski definition) is 4. The van der Waals surface area contributed by atoms with Crippen LogP contribution in [0.15, 0.2) is 24.3 Å². The average Bonchev–Trinajstić information content (AvgIpc) is 2.28. The van der Waals surface area contributed by atoms with Crippen molar-refractivity contribution in [1.82, 2.24) is 0 Å². The van der Waals surface area contributed by atoms with E-state index < -0.39 is 5.97 Å². The van der Waals surface area contributed by atoms with Gasteiger partial charge in [0.15, 0.2) is 0 Å². The van der Waals surface area contributed by atoms with Crippen molar-refractivity contribution in [2.75, 3.05) is 12.3 Å². The lowest BCUT2D eigenvalue weighted by atomic mass is 9.92. The zero-order valence-corrected chi connectivity index (χ0v) is 10.3. The Hall–Kier alpha value is -2.04. The van der Waals surface area contributed by atoms with Crippen LogP contribution in [0, 0.1) is 0 Å². The lowest BCUT2D eigenvalue weighted by molar-refractivity contribution is -0.144. The maximum atomic E-state index is 11.4. The third-order valence-electron chi connectivity index (χ3n) is 2.55. The van der Waals surface area contributed by atoms with Crippen LogP contribution >= 0.6 is 0 Å². The first-order chi connectivity index (χ1) is 8.52. The van der Waals surface area contributed by atoms with E-state index in [0.717, 1.165) is 5.56 Å². The van der Waals surface area contributed by atoms with Gasteiger partial charge in [0, 0.05) is 11.6 Å².